The van der Waals surface area contributed by atoms with Crippen LogP contribution in [0, 0.1) is 6.92 Å². The second kappa shape index (κ2) is 6.52. The first kappa shape index (κ1) is 16.5. The Morgan fingerprint density at radius 1 is 1.43 bits per heavy atom. The Hall–Kier alpha value is -0.820. The highest BCUT2D eigenvalue weighted by Crippen LogP contribution is 2.33. The van der Waals surface area contributed by atoms with Crippen LogP contribution in [-0.4, -0.2) is 38.4 Å². The lowest BCUT2D eigenvalue weighted by Gasteiger charge is -2.23. The van der Waals surface area contributed by atoms with Gasteiger partial charge >= 0.3 is 0 Å². The third kappa shape index (κ3) is 4.32. The van der Waals surface area contributed by atoms with Gasteiger partial charge in [-0.25, -0.2) is 8.42 Å². The molecule has 2 N–H and O–H groups in total. The van der Waals surface area contributed by atoms with Crippen LogP contribution in [0.3, 0.4) is 0 Å². The van der Waals surface area contributed by atoms with Gasteiger partial charge in [-0.1, -0.05) is 29.3 Å². The van der Waals surface area contributed by atoms with Gasteiger partial charge in [0.1, 0.15) is 0 Å². The van der Waals surface area contributed by atoms with Crippen LogP contribution in [-0.2, 0) is 14.6 Å². The van der Waals surface area contributed by atoms with E-state index in [4.69, 9.17) is 23.2 Å². The fraction of sp³-hybridized carbons (Fsp3) is 0.462. The molecule has 1 atom stereocenters. The first-order valence-corrected chi connectivity index (χ1v) is 9.04. The second-order valence-electron chi connectivity index (χ2n) is 5.07. The molecule has 1 saturated heterocycles. The summed E-state index contributed by atoms with van der Waals surface area (Å²) in [4.78, 5) is 12.0. The lowest BCUT2D eigenvalue weighted by Crippen LogP contribution is -2.46. The molecule has 5 nitrogen and oxygen atoms in total. The summed E-state index contributed by atoms with van der Waals surface area (Å²) in [6.07, 6.45) is 0.0554. The van der Waals surface area contributed by atoms with Gasteiger partial charge in [-0.15, -0.1) is 0 Å². The Balaban J connectivity index is 2.04. The van der Waals surface area contributed by atoms with Gasteiger partial charge in [-0.3, -0.25) is 4.79 Å². The van der Waals surface area contributed by atoms with Crippen molar-refractivity contribution < 1.29 is 13.2 Å². The van der Waals surface area contributed by atoms with E-state index in [1.165, 1.54) is 0 Å². The van der Waals surface area contributed by atoms with Gasteiger partial charge in [0.15, 0.2) is 9.84 Å². The van der Waals surface area contributed by atoms with Crippen molar-refractivity contribution in [3.8, 4) is 0 Å². The van der Waals surface area contributed by atoms with E-state index in [1.54, 1.807) is 12.1 Å². The maximum atomic E-state index is 12.0. The van der Waals surface area contributed by atoms with E-state index in [2.05, 4.69) is 10.6 Å². The van der Waals surface area contributed by atoms with Gasteiger partial charge in [0.25, 0.3) is 0 Å². The summed E-state index contributed by atoms with van der Waals surface area (Å²) in [7, 11) is -3.07. The SMILES string of the molecule is Cc1ccc(Cl)c(NC(=O)CC2CS(=O)(=O)CCN2)c1Cl. The molecule has 0 bridgehead atoms. The van der Waals surface area contributed by atoms with Gasteiger partial charge in [-0.05, 0) is 18.6 Å². The minimum Gasteiger partial charge on any atom is -0.323 e. The number of amides is 1. The van der Waals surface area contributed by atoms with E-state index in [0.717, 1.165) is 5.56 Å². The zero-order valence-corrected chi connectivity index (χ0v) is 13.8. The predicted molar refractivity (Wildman–Crippen MR) is 84.9 cm³/mol. The lowest BCUT2D eigenvalue weighted by molar-refractivity contribution is -0.116. The molecular weight excluding hydrogens is 335 g/mol. The molecule has 1 unspecified atom stereocenters. The molecule has 2 rings (SSSR count). The van der Waals surface area contributed by atoms with Crippen molar-refractivity contribution in [1.29, 1.82) is 0 Å². The normalized spacial score (nSPS) is 21.0. The van der Waals surface area contributed by atoms with E-state index < -0.39 is 9.84 Å². The van der Waals surface area contributed by atoms with Crippen molar-refractivity contribution in [2.45, 2.75) is 19.4 Å². The molecule has 0 aromatic heterocycles. The number of sulfone groups is 1. The van der Waals surface area contributed by atoms with Gasteiger partial charge < -0.3 is 10.6 Å². The molecule has 0 radical (unpaired) electrons. The largest absolute Gasteiger partial charge is 0.323 e. The lowest BCUT2D eigenvalue weighted by atomic mass is 10.2. The van der Waals surface area contributed by atoms with Gasteiger partial charge in [-0.2, -0.15) is 0 Å². The van der Waals surface area contributed by atoms with Crippen LogP contribution in [0.15, 0.2) is 12.1 Å². The molecule has 0 aliphatic carbocycles. The molecule has 1 fully saturated rings. The van der Waals surface area contributed by atoms with Gasteiger partial charge in [0.05, 0.1) is 27.2 Å². The van der Waals surface area contributed by atoms with Crippen LogP contribution in [0.25, 0.3) is 0 Å². The second-order valence-corrected chi connectivity index (χ2v) is 8.08. The summed E-state index contributed by atoms with van der Waals surface area (Å²) in [6.45, 7) is 2.18. The van der Waals surface area contributed by atoms with E-state index in [9.17, 15) is 13.2 Å². The minimum absolute atomic E-state index is 0.0320. The number of hydrogen-bond acceptors (Lipinski definition) is 4. The molecule has 1 aliphatic heterocycles. The zero-order valence-electron chi connectivity index (χ0n) is 11.4. The van der Waals surface area contributed by atoms with E-state index in [0.29, 0.717) is 22.3 Å². The highest BCUT2D eigenvalue weighted by atomic mass is 35.5. The van der Waals surface area contributed by atoms with Crippen molar-refractivity contribution in [3.63, 3.8) is 0 Å². The average molecular weight is 351 g/mol. The number of rotatable bonds is 3. The Kier molecular flexibility index (Phi) is 5.14. The fourth-order valence-electron chi connectivity index (χ4n) is 2.18. The molecule has 21 heavy (non-hydrogen) atoms. The standard InChI is InChI=1S/C13H16Cl2N2O3S/c1-8-2-3-10(14)13(12(8)15)17-11(18)6-9-7-21(19,20)5-4-16-9/h2-3,9,16H,4-7H2,1H3,(H,17,18). The number of hydrogen-bond donors (Lipinski definition) is 2. The Morgan fingerprint density at radius 3 is 2.81 bits per heavy atom. The molecule has 1 aromatic carbocycles. The number of benzene rings is 1. The number of nitrogens with one attached hydrogen (secondary N) is 2. The molecule has 8 heteroatoms. The van der Waals surface area contributed by atoms with Crippen molar-refractivity contribution in [2.24, 2.45) is 0 Å². The number of carbonyl (C=O) groups excluding carboxylic acids is 1. The topological polar surface area (TPSA) is 75.3 Å². The van der Waals surface area contributed by atoms with Crippen LogP contribution in [0.2, 0.25) is 10.0 Å². The Labute approximate surface area is 133 Å². The number of anilines is 1. The molecule has 1 amide bonds. The van der Waals surface area contributed by atoms with Crippen LogP contribution in [0.1, 0.15) is 12.0 Å². The third-order valence-electron chi connectivity index (χ3n) is 3.28. The maximum Gasteiger partial charge on any atom is 0.226 e. The average Bonchev–Trinajstić information content (AvgIpc) is 2.38. The first-order chi connectivity index (χ1) is 9.78. The van der Waals surface area contributed by atoms with Crippen molar-refractivity contribution in [3.05, 3.63) is 27.7 Å². The van der Waals surface area contributed by atoms with Crippen LogP contribution >= 0.6 is 23.2 Å². The third-order valence-corrected chi connectivity index (χ3v) is 5.82. The van der Waals surface area contributed by atoms with Crippen molar-refractivity contribution >= 4 is 44.6 Å². The predicted octanol–water partition coefficient (Wildman–Crippen LogP) is 2.02. The minimum atomic E-state index is -3.07. The van der Waals surface area contributed by atoms with E-state index >= 15 is 0 Å². The quantitative estimate of drug-likeness (QED) is 0.874. The number of carbonyl (C=O) groups is 1. The van der Waals surface area contributed by atoms with Crippen molar-refractivity contribution in [1.82, 2.24) is 5.32 Å². The van der Waals surface area contributed by atoms with E-state index in [1.807, 2.05) is 6.92 Å². The Morgan fingerprint density at radius 2 is 2.14 bits per heavy atom. The molecular formula is C13H16Cl2N2O3S. The smallest absolute Gasteiger partial charge is 0.226 e. The Bertz CT molecular complexity index is 662. The van der Waals surface area contributed by atoms with E-state index in [-0.39, 0.29) is 29.9 Å². The van der Waals surface area contributed by atoms with Gasteiger partial charge in [0, 0.05) is 19.0 Å². The highest BCUT2D eigenvalue weighted by molar-refractivity contribution is 7.91. The monoisotopic (exact) mass is 350 g/mol. The maximum absolute atomic E-state index is 12.0. The van der Waals surface area contributed by atoms with Crippen LogP contribution in [0.5, 0.6) is 0 Å². The van der Waals surface area contributed by atoms with Gasteiger partial charge in [0.2, 0.25) is 5.91 Å². The molecule has 0 spiro atoms. The first-order valence-electron chi connectivity index (χ1n) is 6.47. The summed E-state index contributed by atoms with van der Waals surface area (Å²) in [5, 5.41) is 6.42. The number of aryl methyl sites for hydroxylation is 1. The van der Waals surface area contributed by atoms with Crippen LogP contribution < -0.4 is 10.6 Å². The molecule has 1 aromatic rings. The molecule has 116 valence electrons. The van der Waals surface area contributed by atoms with Crippen molar-refractivity contribution in [2.75, 3.05) is 23.4 Å². The summed E-state index contributed by atoms with van der Waals surface area (Å²) in [5.41, 5.74) is 1.16. The summed E-state index contributed by atoms with van der Waals surface area (Å²) >= 11 is 12.1. The summed E-state index contributed by atoms with van der Waals surface area (Å²) in [5.74, 6) is -0.241. The molecule has 0 saturated carbocycles. The molecule has 1 heterocycles. The number of halogens is 2. The molecule has 1 aliphatic rings. The zero-order chi connectivity index (χ0) is 15.6. The summed E-state index contributed by atoms with van der Waals surface area (Å²) < 4.78 is 23.1. The van der Waals surface area contributed by atoms with Crippen LogP contribution in [0.4, 0.5) is 5.69 Å². The fourth-order valence-corrected chi connectivity index (χ4v) is 4.09. The highest BCUT2D eigenvalue weighted by Gasteiger charge is 2.26. The summed E-state index contributed by atoms with van der Waals surface area (Å²) in [6, 6.07) is 3.03.